The van der Waals surface area contributed by atoms with Crippen LogP contribution in [0, 0.1) is 0 Å². The van der Waals surface area contributed by atoms with Crippen LogP contribution >= 0.6 is 0 Å². The third-order valence-electron chi connectivity index (χ3n) is 2.58. The average Bonchev–Trinajstić information content (AvgIpc) is 2.36. The molecule has 0 aliphatic heterocycles. The molecule has 1 unspecified atom stereocenters. The van der Waals surface area contributed by atoms with Crippen LogP contribution in [0.4, 0.5) is 0 Å². The maximum atomic E-state index is 5.69. The van der Waals surface area contributed by atoms with E-state index in [4.69, 9.17) is 11.5 Å². The van der Waals surface area contributed by atoms with Crippen molar-refractivity contribution in [1.29, 1.82) is 0 Å². The molecule has 0 aromatic heterocycles. The first-order chi connectivity index (χ1) is 8.50. The molecule has 1 aromatic rings. The first-order valence-electron chi connectivity index (χ1n) is 5.87. The molecule has 98 valence electrons. The second-order valence-corrected chi connectivity index (χ2v) is 4.38. The zero-order valence-electron chi connectivity index (χ0n) is 11.2. The molecule has 0 amide bonds. The summed E-state index contributed by atoms with van der Waals surface area (Å²) in [6.07, 6.45) is 0. The monoisotopic (exact) mass is 247 g/mol. The molecule has 0 bridgehead atoms. The standard InChI is InChI=1S/C13H21N5/c1-10(11-7-5-4-6-8-11)9-16-12(14)17-13(15)18(2)3/h4-8,10H,9H2,1-3H3,(H4,14,15,16,17). The topological polar surface area (TPSA) is 80.0 Å². The SMILES string of the molecule is CC(CN=C(N)N=C(N)N(C)C)c1ccccc1. The molecule has 0 spiro atoms. The van der Waals surface area contributed by atoms with Gasteiger partial charge < -0.3 is 16.4 Å². The summed E-state index contributed by atoms with van der Waals surface area (Å²) in [7, 11) is 3.61. The Morgan fingerprint density at radius 1 is 1.22 bits per heavy atom. The van der Waals surface area contributed by atoms with Crippen molar-refractivity contribution in [2.24, 2.45) is 21.5 Å². The lowest BCUT2D eigenvalue weighted by molar-refractivity contribution is 0.615. The minimum absolute atomic E-state index is 0.212. The van der Waals surface area contributed by atoms with E-state index in [1.807, 2.05) is 18.2 Å². The molecule has 0 radical (unpaired) electrons. The van der Waals surface area contributed by atoms with E-state index in [9.17, 15) is 0 Å². The fourth-order valence-electron chi connectivity index (χ4n) is 1.37. The Labute approximate surface area is 108 Å². The Hall–Kier alpha value is -2.04. The second kappa shape index (κ2) is 6.64. The predicted molar refractivity (Wildman–Crippen MR) is 76.7 cm³/mol. The van der Waals surface area contributed by atoms with Gasteiger partial charge in [0.25, 0.3) is 0 Å². The maximum absolute atomic E-state index is 5.69. The molecule has 0 aliphatic carbocycles. The number of aliphatic imine (C=N–C) groups is 2. The molecule has 5 nitrogen and oxygen atoms in total. The number of guanidine groups is 2. The fourth-order valence-corrected chi connectivity index (χ4v) is 1.37. The van der Waals surface area contributed by atoms with E-state index in [1.54, 1.807) is 19.0 Å². The van der Waals surface area contributed by atoms with Gasteiger partial charge in [-0.05, 0) is 5.56 Å². The number of nitrogens with two attached hydrogens (primary N) is 2. The van der Waals surface area contributed by atoms with E-state index in [1.165, 1.54) is 5.56 Å². The van der Waals surface area contributed by atoms with E-state index in [0.29, 0.717) is 18.4 Å². The first-order valence-corrected chi connectivity index (χ1v) is 5.87. The molecule has 1 rings (SSSR count). The molecule has 0 saturated heterocycles. The first kappa shape index (κ1) is 14.0. The van der Waals surface area contributed by atoms with Crippen LogP contribution in [-0.4, -0.2) is 37.5 Å². The minimum Gasteiger partial charge on any atom is -0.369 e. The molecule has 18 heavy (non-hydrogen) atoms. The van der Waals surface area contributed by atoms with Gasteiger partial charge in [-0.25, -0.2) is 0 Å². The zero-order chi connectivity index (χ0) is 13.5. The van der Waals surface area contributed by atoms with Gasteiger partial charge in [-0.3, -0.25) is 4.99 Å². The molecule has 0 fully saturated rings. The van der Waals surface area contributed by atoms with Crippen molar-refractivity contribution in [3.05, 3.63) is 35.9 Å². The molecular weight excluding hydrogens is 226 g/mol. The zero-order valence-corrected chi connectivity index (χ0v) is 11.2. The van der Waals surface area contributed by atoms with Gasteiger partial charge >= 0.3 is 0 Å². The van der Waals surface area contributed by atoms with Gasteiger partial charge in [-0.2, -0.15) is 4.99 Å². The summed E-state index contributed by atoms with van der Waals surface area (Å²) < 4.78 is 0. The third-order valence-corrected chi connectivity index (χ3v) is 2.58. The van der Waals surface area contributed by atoms with Gasteiger partial charge in [0.05, 0.1) is 0 Å². The molecule has 1 atom stereocenters. The second-order valence-electron chi connectivity index (χ2n) is 4.38. The lowest BCUT2D eigenvalue weighted by atomic mass is 10.0. The van der Waals surface area contributed by atoms with Crippen molar-refractivity contribution < 1.29 is 0 Å². The quantitative estimate of drug-likeness (QED) is 0.617. The van der Waals surface area contributed by atoms with Gasteiger partial charge in [0, 0.05) is 26.6 Å². The molecule has 0 aliphatic rings. The molecule has 5 heteroatoms. The van der Waals surface area contributed by atoms with Gasteiger partial charge in [-0.15, -0.1) is 0 Å². The minimum atomic E-state index is 0.212. The summed E-state index contributed by atoms with van der Waals surface area (Å²) in [4.78, 5) is 9.90. The molecule has 4 N–H and O–H groups in total. The summed E-state index contributed by atoms with van der Waals surface area (Å²) in [5, 5.41) is 0. The highest BCUT2D eigenvalue weighted by Gasteiger charge is 2.04. The molecular formula is C13H21N5. The third kappa shape index (κ3) is 4.45. The smallest absolute Gasteiger partial charge is 0.218 e. The maximum Gasteiger partial charge on any atom is 0.218 e. The Balaban J connectivity index is 2.61. The van der Waals surface area contributed by atoms with Crippen LogP contribution in [0.3, 0.4) is 0 Å². The largest absolute Gasteiger partial charge is 0.369 e. The summed E-state index contributed by atoms with van der Waals surface area (Å²) in [6.45, 7) is 2.70. The highest BCUT2D eigenvalue weighted by Crippen LogP contribution is 2.14. The van der Waals surface area contributed by atoms with Gasteiger partial charge in [0.1, 0.15) is 0 Å². The number of hydrogen-bond acceptors (Lipinski definition) is 1. The van der Waals surface area contributed by atoms with Crippen LogP contribution in [0.25, 0.3) is 0 Å². The van der Waals surface area contributed by atoms with Crippen LogP contribution in [0.2, 0.25) is 0 Å². The van der Waals surface area contributed by atoms with Crippen molar-refractivity contribution in [3.63, 3.8) is 0 Å². The molecule has 0 saturated carbocycles. The summed E-state index contributed by atoms with van der Waals surface area (Å²) in [5.74, 6) is 0.869. The highest BCUT2D eigenvalue weighted by atomic mass is 15.2. The highest BCUT2D eigenvalue weighted by molar-refractivity contribution is 5.93. The summed E-state index contributed by atoms with van der Waals surface area (Å²) in [5.41, 5.74) is 12.6. The Morgan fingerprint density at radius 3 is 2.39 bits per heavy atom. The normalized spacial score (nSPS) is 14.4. The van der Waals surface area contributed by atoms with Crippen LogP contribution in [0.15, 0.2) is 40.3 Å². The Kier molecular flexibility index (Phi) is 5.17. The molecule has 1 aromatic carbocycles. The number of hydrogen-bond donors (Lipinski definition) is 2. The average molecular weight is 247 g/mol. The summed E-state index contributed by atoms with van der Waals surface area (Å²) in [6, 6.07) is 10.2. The molecule has 0 heterocycles. The Morgan fingerprint density at radius 2 is 1.83 bits per heavy atom. The van der Waals surface area contributed by atoms with E-state index in [-0.39, 0.29) is 5.96 Å². The predicted octanol–water partition coefficient (Wildman–Crippen LogP) is 0.981. The number of rotatable bonds is 3. The van der Waals surface area contributed by atoms with Crippen molar-refractivity contribution in [1.82, 2.24) is 4.90 Å². The van der Waals surface area contributed by atoms with Gasteiger partial charge in [-0.1, -0.05) is 37.3 Å². The van der Waals surface area contributed by atoms with Crippen molar-refractivity contribution >= 4 is 11.9 Å². The Bertz CT molecular complexity index is 422. The van der Waals surface area contributed by atoms with Gasteiger partial charge in [0.15, 0.2) is 5.96 Å². The van der Waals surface area contributed by atoms with Gasteiger partial charge in [0.2, 0.25) is 5.96 Å². The van der Waals surface area contributed by atoms with Crippen molar-refractivity contribution in [3.8, 4) is 0 Å². The van der Waals surface area contributed by atoms with E-state index in [2.05, 4.69) is 29.0 Å². The summed E-state index contributed by atoms with van der Waals surface area (Å²) >= 11 is 0. The number of nitrogens with zero attached hydrogens (tertiary/aromatic N) is 3. The fraction of sp³-hybridized carbons (Fsp3) is 0.385. The van der Waals surface area contributed by atoms with Crippen molar-refractivity contribution in [2.45, 2.75) is 12.8 Å². The van der Waals surface area contributed by atoms with E-state index < -0.39 is 0 Å². The van der Waals surface area contributed by atoms with Crippen LogP contribution in [0.5, 0.6) is 0 Å². The lowest BCUT2D eigenvalue weighted by Gasteiger charge is -2.11. The van der Waals surface area contributed by atoms with E-state index in [0.717, 1.165) is 0 Å². The lowest BCUT2D eigenvalue weighted by Crippen LogP contribution is -2.32. The number of benzene rings is 1. The van der Waals surface area contributed by atoms with Crippen LogP contribution < -0.4 is 11.5 Å². The van der Waals surface area contributed by atoms with E-state index >= 15 is 0 Å². The van der Waals surface area contributed by atoms with Crippen LogP contribution in [0.1, 0.15) is 18.4 Å². The van der Waals surface area contributed by atoms with Crippen molar-refractivity contribution in [2.75, 3.05) is 20.6 Å². The van der Waals surface area contributed by atoms with Crippen LogP contribution in [-0.2, 0) is 0 Å².